The normalized spacial score (nSPS) is 10.5. The molecular formula is C17H14FN3O5. The number of benzene rings is 1. The summed E-state index contributed by atoms with van der Waals surface area (Å²) in [6.45, 7) is 1.60. The lowest BCUT2D eigenvalue weighted by atomic mass is 10.2. The number of nitrogens with zero attached hydrogens (tertiary/aromatic N) is 2. The number of aryl methyl sites for hydroxylation is 1. The van der Waals surface area contributed by atoms with Crippen LogP contribution in [-0.4, -0.2) is 16.0 Å². The zero-order chi connectivity index (χ0) is 18.5. The number of hydrogen-bond donors (Lipinski definition) is 1. The zero-order valence-corrected chi connectivity index (χ0v) is 13.7. The Morgan fingerprint density at radius 1 is 1.27 bits per heavy atom. The van der Waals surface area contributed by atoms with Crippen LogP contribution in [-0.2, 0) is 13.2 Å². The molecule has 0 atom stereocenters. The number of nitrogens with one attached hydrogen (secondary N) is 1. The minimum atomic E-state index is -0.580. The van der Waals surface area contributed by atoms with E-state index in [1.165, 1.54) is 24.5 Å². The first-order valence-corrected chi connectivity index (χ1v) is 7.59. The lowest BCUT2D eigenvalue weighted by Crippen LogP contribution is -2.23. The quantitative estimate of drug-likeness (QED) is 0.717. The molecule has 0 radical (unpaired) electrons. The Balaban J connectivity index is 1.57. The van der Waals surface area contributed by atoms with Gasteiger partial charge in [-0.3, -0.25) is 9.59 Å². The number of rotatable bonds is 6. The van der Waals surface area contributed by atoms with Crippen LogP contribution in [0.15, 0.2) is 50.3 Å². The highest BCUT2D eigenvalue weighted by molar-refractivity contribution is 5.89. The fourth-order valence-electron chi connectivity index (χ4n) is 2.08. The Kier molecular flexibility index (Phi) is 5.07. The predicted molar refractivity (Wildman–Crippen MR) is 85.9 cm³/mol. The maximum Gasteiger partial charge on any atom is 0.316 e. The van der Waals surface area contributed by atoms with Gasteiger partial charge in [0, 0.05) is 12.6 Å². The molecular weight excluding hydrogens is 345 g/mol. The van der Waals surface area contributed by atoms with Crippen molar-refractivity contribution in [2.24, 2.45) is 0 Å². The molecule has 0 fully saturated rings. The molecule has 8 nitrogen and oxygen atoms in total. The first-order chi connectivity index (χ1) is 12.5. The monoisotopic (exact) mass is 359 g/mol. The Bertz CT molecular complexity index is 965. The second-order valence-electron chi connectivity index (χ2n) is 5.28. The second kappa shape index (κ2) is 7.60. The van der Waals surface area contributed by atoms with Crippen molar-refractivity contribution < 1.29 is 22.9 Å². The molecule has 2 heterocycles. The van der Waals surface area contributed by atoms with Crippen LogP contribution in [0.5, 0.6) is 5.75 Å². The molecule has 0 aliphatic carbocycles. The average molecular weight is 359 g/mol. The van der Waals surface area contributed by atoms with Gasteiger partial charge in [-0.05, 0) is 24.6 Å². The van der Waals surface area contributed by atoms with Crippen LogP contribution < -0.4 is 15.5 Å². The van der Waals surface area contributed by atoms with E-state index in [9.17, 15) is 14.0 Å². The molecule has 0 bridgehead atoms. The van der Waals surface area contributed by atoms with Gasteiger partial charge < -0.3 is 19.0 Å². The van der Waals surface area contributed by atoms with E-state index in [2.05, 4.69) is 15.5 Å². The molecule has 3 aromatic rings. The number of ether oxygens (including phenoxy) is 1. The van der Waals surface area contributed by atoms with Crippen LogP contribution in [0, 0.1) is 12.7 Å². The molecule has 2 aromatic heterocycles. The summed E-state index contributed by atoms with van der Waals surface area (Å²) in [4.78, 5) is 27.6. The van der Waals surface area contributed by atoms with E-state index in [-0.39, 0.29) is 41.9 Å². The minimum Gasteiger partial charge on any atom is -0.478 e. The Labute approximate surface area is 146 Å². The van der Waals surface area contributed by atoms with Crippen molar-refractivity contribution in [2.75, 3.05) is 0 Å². The number of hydrogen-bond acceptors (Lipinski definition) is 7. The summed E-state index contributed by atoms with van der Waals surface area (Å²) in [5.74, 6) is -0.729. The van der Waals surface area contributed by atoms with Gasteiger partial charge in [-0.2, -0.15) is 4.98 Å². The third-order valence-corrected chi connectivity index (χ3v) is 3.38. The summed E-state index contributed by atoms with van der Waals surface area (Å²) < 4.78 is 28.1. The fraction of sp³-hybridized carbons (Fsp3) is 0.176. The third kappa shape index (κ3) is 4.12. The summed E-state index contributed by atoms with van der Waals surface area (Å²) in [6.07, 6.45) is 1.27. The van der Waals surface area contributed by atoms with Crippen molar-refractivity contribution in [1.29, 1.82) is 0 Å². The summed E-state index contributed by atoms with van der Waals surface area (Å²) in [5, 5.41) is 6.20. The fourth-order valence-corrected chi connectivity index (χ4v) is 2.08. The van der Waals surface area contributed by atoms with Crippen molar-refractivity contribution in [1.82, 2.24) is 15.5 Å². The van der Waals surface area contributed by atoms with E-state index >= 15 is 0 Å². The van der Waals surface area contributed by atoms with Crippen molar-refractivity contribution >= 4 is 5.91 Å². The first-order valence-electron chi connectivity index (χ1n) is 7.59. The molecule has 9 heteroatoms. The summed E-state index contributed by atoms with van der Waals surface area (Å²) in [6, 6.07) is 6.93. The maximum absolute atomic E-state index is 12.8. The standard InChI is InChI=1S/C17H14FN3O5/c1-10-15(13(22)6-7-24-10)25-9-14-20-17(26-21-14)16(23)19-8-11-2-4-12(18)5-3-11/h2-7H,8-9H2,1H3,(H,19,23). The summed E-state index contributed by atoms with van der Waals surface area (Å²) >= 11 is 0. The molecule has 1 N–H and O–H groups in total. The van der Waals surface area contributed by atoms with Gasteiger partial charge >= 0.3 is 11.8 Å². The molecule has 1 aromatic carbocycles. The minimum absolute atomic E-state index is 0.0413. The second-order valence-corrected chi connectivity index (χ2v) is 5.28. The molecule has 26 heavy (non-hydrogen) atoms. The van der Waals surface area contributed by atoms with Crippen LogP contribution in [0.4, 0.5) is 4.39 Å². The number of carbonyl (C=O) groups excluding carboxylic acids is 1. The molecule has 3 rings (SSSR count). The largest absolute Gasteiger partial charge is 0.478 e. The van der Waals surface area contributed by atoms with E-state index in [4.69, 9.17) is 13.7 Å². The molecule has 0 aliphatic rings. The number of aromatic nitrogens is 2. The van der Waals surface area contributed by atoms with Gasteiger partial charge in [0.1, 0.15) is 11.6 Å². The molecule has 0 unspecified atom stereocenters. The highest BCUT2D eigenvalue weighted by Crippen LogP contribution is 2.12. The van der Waals surface area contributed by atoms with Crippen molar-refractivity contribution in [3.05, 3.63) is 75.7 Å². The summed E-state index contributed by atoms with van der Waals surface area (Å²) in [5.41, 5.74) is 0.378. The van der Waals surface area contributed by atoms with Crippen LogP contribution in [0.2, 0.25) is 0 Å². The van der Waals surface area contributed by atoms with E-state index in [0.29, 0.717) is 11.3 Å². The predicted octanol–water partition coefficient (Wildman–Crippen LogP) is 1.98. The highest BCUT2D eigenvalue weighted by Gasteiger charge is 2.16. The molecule has 134 valence electrons. The van der Waals surface area contributed by atoms with Gasteiger partial charge in [-0.15, -0.1) is 0 Å². The molecule has 0 aliphatic heterocycles. The topological polar surface area (TPSA) is 107 Å². The number of halogens is 1. The highest BCUT2D eigenvalue weighted by atomic mass is 19.1. The Morgan fingerprint density at radius 3 is 2.77 bits per heavy atom. The van der Waals surface area contributed by atoms with E-state index in [1.807, 2.05) is 0 Å². The average Bonchev–Trinajstić information content (AvgIpc) is 3.10. The van der Waals surface area contributed by atoms with Gasteiger partial charge in [-0.25, -0.2) is 4.39 Å². The van der Waals surface area contributed by atoms with Crippen molar-refractivity contribution in [3.8, 4) is 5.75 Å². The SMILES string of the molecule is Cc1occc(=O)c1OCc1noc(C(=O)NCc2ccc(F)cc2)n1. The first kappa shape index (κ1) is 17.3. The third-order valence-electron chi connectivity index (χ3n) is 3.38. The van der Waals surface area contributed by atoms with Crippen molar-refractivity contribution in [2.45, 2.75) is 20.1 Å². The van der Waals surface area contributed by atoms with E-state index < -0.39 is 5.91 Å². The van der Waals surface area contributed by atoms with Gasteiger partial charge in [0.15, 0.2) is 6.61 Å². The summed E-state index contributed by atoms with van der Waals surface area (Å²) in [7, 11) is 0. The number of amides is 1. The van der Waals surface area contributed by atoms with Crippen LogP contribution in [0.3, 0.4) is 0 Å². The maximum atomic E-state index is 12.8. The Morgan fingerprint density at radius 2 is 2.04 bits per heavy atom. The van der Waals surface area contributed by atoms with Crippen molar-refractivity contribution in [3.63, 3.8) is 0 Å². The van der Waals surface area contributed by atoms with Gasteiger partial charge in [0.2, 0.25) is 17.0 Å². The smallest absolute Gasteiger partial charge is 0.316 e. The van der Waals surface area contributed by atoms with E-state index in [0.717, 1.165) is 0 Å². The van der Waals surface area contributed by atoms with Crippen LogP contribution in [0.1, 0.15) is 27.8 Å². The zero-order valence-electron chi connectivity index (χ0n) is 13.7. The van der Waals surface area contributed by atoms with Gasteiger partial charge in [0.05, 0.1) is 6.26 Å². The molecule has 0 saturated carbocycles. The Hall–Kier alpha value is -3.49. The molecule has 0 spiro atoms. The van der Waals surface area contributed by atoms with E-state index in [1.54, 1.807) is 19.1 Å². The van der Waals surface area contributed by atoms with Crippen LogP contribution in [0.25, 0.3) is 0 Å². The molecule has 0 saturated heterocycles. The van der Waals surface area contributed by atoms with Crippen LogP contribution >= 0.6 is 0 Å². The van der Waals surface area contributed by atoms with Gasteiger partial charge in [0.25, 0.3) is 0 Å². The molecule has 1 amide bonds. The van der Waals surface area contributed by atoms with Gasteiger partial charge in [-0.1, -0.05) is 17.3 Å². The number of carbonyl (C=O) groups is 1. The lowest BCUT2D eigenvalue weighted by Gasteiger charge is -2.03. The lowest BCUT2D eigenvalue weighted by molar-refractivity contribution is 0.0907.